The first-order valence-corrected chi connectivity index (χ1v) is 7.12. The highest BCUT2D eigenvalue weighted by molar-refractivity contribution is 5.16. The number of aromatic amines is 2. The molecule has 4 nitrogen and oxygen atoms in total. The van der Waals surface area contributed by atoms with Crippen LogP contribution in [0, 0.1) is 0 Å². The summed E-state index contributed by atoms with van der Waals surface area (Å²) in [4.78, 5) is 28.3. The van der Waals surface area contributed by atoms with Gasteiger partial charge in [0.1, 0.15) is 0 Å². The van der Waals surface area contributed by atoms with Gasteiger partial charge in [0, 0.05) is 11.3 Å². The van der Waals surface area contributed by atoms with Gasteiger partial charge in [0.15, 0.2) is 0 Å². The molecule has 0 saturated heterocycles. The molecule has 0 atom stereocenters. The van der Waals surface area contributed by atoms with Gasteiger partial charge in [0.25, 0.3) is 5.56 Å². The van der Waals surface area contributed by atoms with Gasteiger partial charge in [-0.25, -0.2) is 4.79 Å². The molecule has 4 heteroatoms. The summed E-state index contributed by atoms with van der Waals surface area (Å²) in [6.45, 7) is 0. The lowest BCUT2D eigenvalue weighted by atomic mass is 9.99. The van der Waals surface area contributed by atoms with E-state index in [2.05, 4.69) is 9.97 Å². The summed E-state index contributed by atoms with van der Waals surface area (Å²) in [5.74, 6) is 0. The molecule has 1 aliphatic rings. The van der Waals surface area contributed by atoms with Crippen LogP contribution in [0.4, 0.5) is 0 Å². The Morgan fingerprint density at radius 2 is 1.22 bits per heavy atom. The monoisotopic (exact) mass is 250 g/mol. The zero-order chi connectivity index (χ0) is 12.8. The van der Waals surface area contributed by atoms with E-state index in [0.29, 0.717) is 0 Å². The van der Waals surface area contributed by atoms with Crippen molar-refractivity contribution in [2.45, 2.75) is 64.2 Å². The zero-order valence-electron chi connectivity index (χ0n) is 10.9. The molecule has 0 fully saturated rings. The summed E-state index contributed by atoms with van der Waals surface area (Å²) in [5.41, 5.74) is 1.11. The van der Waals surface area contributed by atoms with Crippen LogP contribution in [0.15, 0.2) is 9.59 Å². The Balaban J connectivity index is 2.20. The topological polar surface area (TPSA) is 65.7 Å². The maximum atomic E-state index is 11.8. The third kappa shape index (κ3) is 3.59. The highest BCUT2D eigenvalue weighted by Gasteiger charge is 2.09. The van der Waals surface area contributed by atoms with Crippen molar-refractivity contribution in [3.05, 3.63) is 32.1 Å². The van der Waals surface area contributed by atoms with Gasteiger partial charge in [-0.3, -0.25) is 9.78 Å². The van der Waals surface area contributed by atoms with Crippen LogP contribution in [0.2, 0.25) is 0 Å². The van der Waals surface area contributed by atoms with Crippen LogP contribution in [-0.4, -0.2) is 9.97 Å². The normalized spacial score (nSPS) is 18.4. The smallest absolute Gasteiger partial charge is 0.311 e. The third-order valence-corrected chi connectivity index (χ3v) is 3.73. The zero-order valence-corrected chi connectivity index (χ0v) is 10.9. The summed E-state index contributed by atoms with van der Waals surface area (Å²) >= 11 is 0. The van der Waals surface area contributed by atoms with E-state index in [1.807, 2.05) is 0 Å². The molecule has 0 saturated carbocycles. The van der Waals surface area contributed by atoms with Gasteiger partial charge in [0.05, 0.1) is 0 Å². The van der Waals surface area contributed by atoms with Crippen LogP contribution in [0.25, 0.3) is 0 Å². The Morgan fingerprint density at radius 3 is 1.89 bits per heavy atom. The Hall–Kier alpha value is -1.32. The molecule has 1 aliphatic carbocycles. The molecule has 18 heavy (non-hydrogen) atoms. The quantitative estimate of drug-likeness (QED) is 0.742. The van der Waals surface area contributed by atoms with E-state index in [1.165, 1.54) is 38.5 Å². The van der Waals surface area contributed by atoms with Crippen molar-refractivity contribution in [2.24, 2.45) is 0 Å². The van der Waals surface area contributed by atoms with E-state index in [9.17, 15) is 9.59 Å². The van der Waals surface area contributed by atoms with Gasteiger partial charge in [-0.2, -0.15) is 0 Å². The number of hydrogen-bond donors (Lipinski definition) is 2. The summed E-state index contributed by atoms with van der Waals surface area (Å²) < 4.78 is 0. The highest BCUT2D eigenvalue weighted by Crippen LogP contribution is 2.14. The summed E-state index contributed by atoms with van der Waals surface area (Å²) in [7, 11) is 0. The van der Waals surface area contributed by atoms with Crippen molar-refractivity contribution in [1.29, 1.82) is 0 Å². The fraction of sp³-hybridized carbons (Fsp3) is 0.714. The van der Waals surface area contributed by atoms with Crippen molar-refractivity contribution < 1.29 is 0 Å². The summed E-state index contributed by atoms with van der Waals surface area (Å²) in [6.07, 6.45) is 11.3. The molecule has 1 aromatic heterocycles. The second-order valence-electron chi connectivity index (χ2n) is 5.19. The largest absolute Gasteiger partial charge is 0.325 e. The minimum Gasteiger partial charge on any atom is -0.311 e. The molecule has 0 spiro atoms. The average Bonchev–Trinajstić information content (AvgIpc) is 2.31. The molecule has 0 unspecified atom stereocenters. The number of H-pyrrole nitrogens is 2. The molecule has 0 aromatic carbocycles. The van der Waals surface area contributed by atoms with Crippen LogP contribution >= 0.6 is 0 Å². The first-order valence-electron chi connectivity index (χ1n) is 7.12. The maximum Gasteiger partial charge on any atom is 0.325 e. The third-order valence-electron chi connectivity index (χ3n) is 3.73. The van der Waals surface area contributed by atoms with Gasteiger partial charge in [-0.1, -0.05) is 38.5 Å². The molecule has 0 bridgehead atoms. The van der Waals surface area contributed by atoms with Crippen LogP contribution < -0.4 is 11.2 Å². The van der Waals surface area contributed by atoms with Crippen molar-refractivity contribution in [2.75, 3.05) is 0 Å². The summed E-state index contributed by atoms with van der Waals surface area (Å²) in [5, 5.41) is 0. The van der Waals surface area contributed by atoms with E-state index in [4.69, 9.17) is 0 Å². The first kappa shape index (κ1) is 13.1. The molecule has 2 N–H and O–H groups in total. The lowest BCUT2D eigenvalue weighted by Gasteiger charge is -2.10. The van der Waals surface area contributed by atoms with Crippen molar-refractivity contribution in [3.63, 3.8) is 0 Å². The number of aryl methyl sites for hydroxylation is 1. The van der Waals surface area contributed by atoms with E-state index in [-0.39, 0.29) is 11.2 Å². The maximum absolute atomic E-state index is 11.8. The Morgan fingerprint density at radius 1 is 0.667 bits per heavy atom. The SMILES string of the molecule is O=c1[nH]c2c(c(=O)[nH]1)CCCCCCCCCC2. The number of nitrogens with one attached hydrogen (secondary N) is 2. The van der Waals surface area contributed by atoms with E-state index in [0.717, 1.165) is 36.9 Å². The lowest BCUT2D eigenvalue weighted by Crippen LogP contribution is -2.28. The average molecular weight is 250 g/mol. The van der Waals surface area contributed by atoms with Crippen LogP contribution in [0.5, 0.6) is 0 Å². The Kier molecular flexibility index (Phi) is 4.79. The first-order chi connectivity index (χ1) is 8.77. The minimum atomic E-state index is -0.370. The van der Waals surface area contributed by atoms with Crippen molar-refractivity contribution >= 4 is 0 Å². The lowest BCUT2D eigenvalue weighted by molar-refractivity contribution is 0.554. The van der Waals surface area contributed by atoms with E-state index in [1.54, 1.807) is 0 Å². The number of aromatic nitrogens is 2. The molecular formula is C14H22N2O2. The predicted octanol–water partition coefficient (Wildman–Crippen LogP) is 2.28. The second-order valence-corrected chi connectivity index (χ2v) is 5.19. The Labute approximate surface area is 107 Å². The number of fused-ring (bicyclic) bond motifs is 1. The summed E-state index contributed by atoms with van der Waals surface area (Å²) in [6, 6.07) is 0. The number of hydrogen-bond acceptors (Lipinski definition) is 2. The number of rotatable bonds is 0. The van der Waals surface area contributed by atoms with Crippen molar-refractivity contribution in [3.8, 4) is 0 Å². The van der Waals surface area contributed by atoms with Crippen LogP contribution in [-0.2, 0) is 12.8 Å². The highest BCUT2D eigenvalue weighted by atomic mass is 16.2. The molecular weight excluding hydrogens is 228 g/mol. The Bertz CT molecular complexity index is 487. The van der Waals surface area contributed by atoms with Gasteiger partial charge in [0.2, 0.25) is 0 Å². The van der Waals surface area contributed by atoms with E-state index < -0.39 is 0 Å². The molecule has 1 heterocycles. The predicted molar refractivity (Wildman–Crippen MR) is 72.0 cm³/mol. The molecule has 0 aliphatic heterocycles. The fourth-order valence-corrected chi connectivity index (χ4v) is 2.70. The fourth-order valence-electron chi connectivity index (χ4n) is 2.70. The van der Waals surface area contributed by atoms with Crippen LogP contribution in [0.1, 0.15) is 62.6 Å². The molecule has 0 amide bonds. The molecule has 1 aromatic rings. The minimum absolute atomic E-state index is 0.189. The van der Waals surface area contributed by atoms with Gasteiger partial charge < -0.3 is 4.98 Å². The second kappa shape index (κ2) is 6.57. The molecule has 2 rings (SSSR count). The van der Waals surface area contributed by atoms with Gasteiger partial charge in [-0.15, -0.1) is 0 Å². The standard InChI is InChI=1S/C14H22N2O2/c17-13-11-9-7-5-3-1-2-4-6-8-10-12(11)15-14(18)16-13/h1-10H2,(H2,15,16,17,18). The van der Waals surface area contributed by atoms with Crippen LogP contribution in [0.3, 0.4) is 0 Å². The van der Waals surface area contributed by atoms with Gasteiger partial charge >= 0.3 is 5.69 Å². The van der Waals surface area contributed by atoms with Gasteiger partial charge in [-0.05, 0) is 25.7 Å². The molecule has 0 radical (unpaired) electrons. The van der Waals surface area contributed by atoms with E-state index >= 15 is 0 Å². The van der Waals surface area contributed by atoms with Crippen molar-refractivity contribution in [1.82, 2.24) is 9.97 Å². The molecule has 100 valence electrons.